The topological polar surface area (TPSA) is 157 Å². The summed E-state index contributed by atoms with van der Waals surface area (Å²) < 4.78 is 22.2. The molecule has 11 nitrogen and oxygen atoms in total. The van der Waals surface area contributed by atoms with Crippen molar-refractivity contribution in [1.82, 2.24) is 15.0 Å². The van der Waals surface area contributed by atoms with E-state index >= 15 is 0 Å². The lowest BCUT2D eigenvalue weighted by molar-refractivity contribution is -0.278. The average Bonchev–Trinajstić information content (AvgIpc) is 2.88. The van der Waals surface area contributed by atoms with Crippen molar-refractivity contribution < 1.29 is 39.4 Å². The molecule has 0 aliphatic carbocycles. The zero-order chi connectivity index (χ0) is 23.9. The van der Waals surface area contributed by atoms with E-state index in [1.54, 1.807) is 0 Å². The van der Waals surface area contributed by atoms with Crippen molar-refractivity contribution in [3.05, 3.63) is 71.8 Å². The molecule has 0 bridgehead atoms. The van der Waals surface area contributed by atoms with E-state index in [1.807, 2.05) is 60.7 Å². The molecule has 0 spiro atoms. The highest BCUT2D eigenvalue weighted by molar-refractivity contribution is 5.17. The molecule has 1 aliphatic rings. The number of aliphatic hydroxyl groups is 4. The predicted molar refractivity (Wildman–Crippen MR) is 116 cm³/mol. The Morgan fingerprint density at radius 2 is 1.18 bits per heavy atom. The quantitative estimate of drug-likeness (QED) is 0.338. The maximum absolute atomic E-state index is 10.2. The van der Waals surface area contributed by atoms with Gasteiger partial charge in [0.25, 0.3) is 0 Å². The van der Waals surface area contributed by atoms with Gasteiger partial charge in [0.05, 0.1) is 6.61 Å². The summed E-state index contributed by atoms with van der Waals surface area (Å²) in [5, 5.41) is 39.6. The summed E-state index contributed by atoms with van der Waals surface area (Å²) in [7, 11) is 0. The Bertz CT molecular complexity index is 979. The number of hydrogen-bond acceptors (Lipinski definition) is 11. The monoisotopic (exact) mass is 471 g/mol. The molecular weight excluding hydrogens is 446 g/mol. The number of aromatic nitrogens is 3. The van der Waals surface area contributed by atoms with E-state index < -0.39 is 37.3 Å². The van der Waals surface area contributed by atoms with Crippen LogP contribution >= 0.6 is 0 Å². The van der Waals surface area contributed by atoms with Crippen molar-refractivity contribution >= 4 is 0 Å². The minimum atomic E-state index is -1.63. The van der Waals surface area contributed by atoms with Crippen LogP contribution in [0.2, 0.25) is 0 Å². The summed E-state index contributed by atoms with van der Waals surface area (Å²) in [6.07, 6.45) is -7.38. The molecule has 11 heteroatoms. The van der Waals surface area contributed by atoms with Crippen LogP contribution in [0.5, 0.6) is 18.0 Å². The standard InChI is InChI=1S/C23H25N3O8/c27-11-16-17(28)18(29)19(30)20(33-16)34-23-25-21(31-12-14-7-3-1-4-8-14)24-22(26-23)32-13-15-9-5-2-6-10-15/h1-10,16-20,27-30H,11-13H2/t16-,17-,18+,19-,20+/m1/s1. The third-order valence-electron chi connectivity index (χ3n) is 5.07. The highest BCUT2D eigenvalue weighted by Crippen LogP contribution is 2.24. The van der Waals surface area contributed by atoms with Crippen LogP contribution in [0.15, 0.2) is 60.7 Å². The third-order valence-corrected chi connectivity index (χ3v) is 5.07. The fraction of sp³-hybridized carbons (Fsp3) is 0.348. The van der Waals surface area contributed by atoms with Gasteiger partial charge in [-0.25, -0.2) is 0 Å². The van der Waals surface area contributed by atoms with Gasteiger partial charge in [0, 0.05) is 0 Å². The van der Waals surface area contributed by atoms with E-state index in [0.717, 1.165) is 11.1 Å². The second kappa shape index (κ2) is 11.2. The van der Waals surface area contributed by atoms with Crippen LogP contribution in [-0.4, -0.2) is 72.7 Å². The first-order valence-corrected chi connectivity index (χ1v) is 10.6. The zero-order valence-electron chi connectivity index (χ0n) is 18.0. The number of nitrogens with zero attached hydrogens (tertiary/aromatic N) is 3. The van der Waals surface area contributed by atoms with Gasteiger partial charge in [0.15, 0.2) is 0 Å². The Morgan fingerprint density at radius 3 is 1.68 bits per heavy atom. The number of ether oxygens (including phenoxy) is 4. The molecule has 4 rings (SSSR count). The first-order chi connectivity index (χ1) is 16.5. The van der Waals surface area contributed by atoms with Crippen molar-refractivity contribution in [1.29, 1.82) is 0 Å². The van der Waals surface area contributed by atoms with Gasteiger partial charge in [0.1, 0.15) is 37.6 Å². The molecule has 0 radical (unpaired) electrons. The fourth-order valence-electron chi connectivity index (χ4n) is 3.22. The smallest absolute Gasteiger partial charge is 0.328 e. The molecule has 1 fully saturated rings. The van der Waals surface area contributed by atoms with Gasteiger partial charge < -0.3 is 39.4 Å². The van der Waals surface area contributed by atoms with E-state index in [1.165, 1.54) is 0 Å². The maximum Gasteiger partial charge on any atom is 0.328 e. The van der Waals surface area contributed by atoms with Crippen molar-refractivity contribution in [2.24, 2.45) is 0 Å². The minimum Gasteiger partial charge on any atom is -0.458 e. The van der Waals surface area contributed by atoms with Crippen LogP contribution in [-0.2, 0) is 18.0 Å². The van der Waals surface area contributed by atoms with Crippen molar-refractivity contribution in [2.45, 2.75) is 43.9 Å². The van der Waals surface area contributed by atoms with Crippen LogP contribution in [0.25, 0.3) is 0 Å². The van der Waals surface area contributed by atoms with Crippen LogP contribution < -0.4 is 14.2 Å². The number of aliphatic hydroxyl groups excluding tert-OH is 4. The molecule has 3 aromatic rings. The third kappa shape index (κ3) is 5.95. The molecule has 0 unspecified atom stereocenters. The molecule has 1 aromatic heterocycles. The average molecular weight is 471 g/mol. The van der Waals surface area contributed by atoms with Gasteiger partial charge in [-0.1, -0.05) is 60.7 Å². The fourth-order valence-corrected chi connectivity index (χ4v) is 3.22. The summed E-state index contributed by atoms with van der Waals surface area (Å²) in [5.41, 5.74) is 1.76. The van der Waals surface area contributed by atoms with E-state index in [9.17, 15) is 20.4 Å². The molecule has 180 valence electrons. The number of hydrogen-bond donors (Lipinski definition) is 4. The summed E-state index contributed by atoms with van der Waals surface area (Å²) >= 11 is 0. The summed E-state index contributed by atoms with van der Waals surface area (Å²) in [4.78, 5) is 12.3. The highest BCUT2D eigenvalue weighted by atomic mass is 16.7. The second-order valence-electron chi connectivity index (χ2n) is 7.55. The van der Waals surface area contributed by atoms with Gasteiger partial charge >= 0.3 is 18.0 Å². The van der Waals surface area contributed by atoms with Gasteiger partial charge in [-0.15, -0.1) is 15.0 Å². The first-order valence-electron chi connectivity index (χ1n) is 10.6. The second-order valence-corrected chi connectivity index (χ2v) is 7.55. The van der Waals surface area contributed by atoms with Gasteiger partial charge in [-0.05, 0) is 11.1 Å². The number of benzene rings is 2. The van der Waals surface area contributed by atoms with Crippen molar-refractivity contribution in [3.8, 4) is 18.0 Å². The molecule has 34 heavy (non-hydrogen) atoms. The van der Waals surface area contributed by atoms with Crippen LogP contribution in [0.1, 0.15) is 11.1 Å². The molecule has 1 saturated heterocycles. The van der Waals surface area contributed by atoms with Crippen molar-refractivity contribution in [3.63, 3.8) is 0 Å². The lowest BCUT2D eigenvalue weighted by Gasteiger charge is -2.39. The Balaban J connectivity index is 1.53. The molecule has 1 aliphatic heterocycles. The number of rotatable bonds is 9. The maximum atomic E-state index is 10.2. The molecule has 2 aromatic carbocycles. The summed E-state index contributed by atoms with van der Waals surface area (Å²) in [5.74, 6) is 0. The van der Waals surface area contributed by atoms with E-state index in [-0.39, 0.29) is 31.2 Å². The van der Waals surface area contributed by atoms with Gasteiger partial charge in [-0.2, -0.15) is 0 Å². The van der Waals surface area contributed by atoms with Crippen molar-refractivity contribution in [2.75, 3.05) is 6.61 Å². The van der Waals surface area contributed by atoms with Crippen LogP contribution in [0.4, 0.5) is 0 Å². The molecule has 2 heterocycles. The largest absolute Gasteiger partial charge is 0.458 e. The van der Waals surface area contributed by atoms with E-state index in [0.29, 0.717) is 0 Å². The lowest BCUT2D eigenvalue weighted by Crippen LogP contribution is -2.60. The molecule has 0 amide bonds. The Morgan fingerprint density at radius 1 is 0.676 bits per heavy atom. The van der Waals surface area contributed by atoms with Crippen LogP contribution in [0.3, 0.4) is 0 Å². The molecule has 0 saturated carbocycles. The van der Waals surface area contributed by atoms with E-state index in [2.05, 4.69) is 15.0 Å². The molecule has 4 N–H and O–H groups in total. The Labute approximate surface area is 195 Å². The lowest BCUT2D eigenvalue weighted by atomic mass is 9.99. The Hall–Kier alpha value is -3.35. The summed E-state index contributed by atoms with van der Waals surface area (Å²) in [6, 6.07) is 18.2. The SMILES string of the molecule is OC[C@H]1O[C@@H](Oc2nc(OCc3ccccc3)nc(OCc3ccccc3)n2)[C@H](O)[C@@H](O)[C@@H]1O. The van der Waals surface area contributed by atoms with Gasteiger partial charge in [0.2, 0.25) is 6.29 Å². The molecule has 5 atom stereocenters. The van der Waals surface area contributed by atoms with Gasteiger partial charge in [-0.3, -0.25) is 0 Å². The first kappa shape index (κ1) is 23.8. The van der Waals surface area contributed by atoms with E-state index in [4.69, 9.17) is 18.9 Å². The predicted octanol–water partition coefficient (Wildman–Crippen LogP) is 0.208. The zero-order valence-corrected chi connectivity index (χ0v) is 18.0. The molecular formula is C23H25N3O8. The summed E-state index contributed by atoms with van der Waals surface area (Å²) in [6.45, 7) is -0.260. The highest BCUT2D eigenvalue weighted by Gasteiger charge is 2.45. The normalized spacial score (nSPS) is 24.4. The minimum absolute atomic E-state index is 0.0958. The van der Waals surface area contributed by atoms with Crippen LogP contribution in [0, 0.1) is 0 Å². The Kier molecular flexibility index (Phi) is 7.83.